The lowest BCUT2D eigenvalue weighted by Gasteiger charge is -2.36. The summed E-state index contributed by atoms with van der Waals surface area (Å²) >= 11 is 0. The summed E-state index contributed by atoms with van der Waals surface area (Å²) in [5, 5.41) is 20.3. The normalized spacial score (nSPS) is 25.4. The number of piperidine rings is 2. The molecule has 8 fully saturated rings. The maximum atomic E-state index is 14.3. The van der Waals surface area contributed by atoms with Gasteiger partial charge in [0.15, 0.2) is 0 Å². The van der Waals surface area contributed by atoms with Gasteiger partial charge in [0.2, 0.25) is 23.6 Å². The second kappa shape index (κ2) is 35.5. The number of hydrogen-bond acceptors (Lipinski definition) is 18. The average molecular weight is 1570 g/mol. The number of carbonyl (C=O) groups excluding carboxylic acids is 7. The van der Waals surface area contributed by atoms with Gasteiger partial charge < -0.3 is 84.8 Å². The van der Waals surface area contributed by atoms with Crippen molar-refractivity contribution in [1.29, 1.82) is 0 Å². The van der Waals surface area contributed by atoms with Crippen LogP contribution in [0.15, 0.2) is 61.7 Å². The number of likely N-dealkylation sites (tertiary alicyclic amines) is 2. The molecule has 4 unspecified atom stereocenters. The summed E-state index contributed by atoms with van der Waals surface area (Å²) in [7, 11) is -8.68. The molecule has 7 amide bonds. The van der Waals surface area contributed by atoms with Crippen molar-refractivity contribution in [2.75, 3.05) is 73.3 Å². The predicted octanol–water partition coefficient (Wildman–Crippen LogP) is 12.1. The zero-order chi connectivity index (χ0) is 79.7. The first-order valence-corrected chi connectivity index (χ1v) is 40.4. The predicted molar refractivity (Wildman–Crippen MR) is 391 cm³/mol. The molecule has 10 N–H and O–H groups in total. The quantitative estimate of drug-likeness (QED) is 0.0174. The van der Waals surface area contributed by atoms with Crippen LogP contribution in [-0.2, 0) is 63.9 Å². The number of carbonyl (C=O) groups is 7. The third-order valence-corrected chi connectivity index (χ3v) is 25.5. The maximum Gasteiger partial charge on any atom is 0.416 e. The molecule has 0 spiro atoms. The highest BCUT2D eigenvalue weighted by Crippen LogP contribution is 2.73. The third-order valence-electron chi connectivity index (χ3n) is 21.0. The Morgan fingerprint density at radius 3 is 1.41 bits per heavy atom. The minimum absolute atomic E-state index is 0.00334. The van der Waals surface area contributed by atoms with Crippen LogP contribution in [0.3, 0.4) is 0 Å². The maximum absolute atomic E-state index is 14.3. The molecular weight excluding hydrogens is 1460 g/mol. The van der Waals surface area contributed by atoms with Gasteiger partial charge in [0.1, 0.15) is 53.0 Å². The van der Waals surface area contributed by atoms with E-state index in [1.165, 1.54) is 29.5 Å². The van der Waals surface area contributed by atoms with Gasteiger partial charge in [-0.1, -0.05) is 53.7 Å². The number of aliphatic hydroxyl groups is 1. The van der Waals surface area contributed by atoms with Gasteiger partial charge in [-0.05, 0) is 164 Å². The first-order valence-electron chi connectivity index (χ1n) is 37.3. The van der Waals surface area contributed by atoms with Crippen LogP contribution in [0.25, 0.3) is 0 Å². The van der Waals surface area contributed by atoms with Crippen LogP contribution in [0.5, 0.6) is 0 Å². The van der Waals surface area contributed by atoms with Crippen molar-refractivity contribution in [2.45, 2.75) is 242 Å². The van der Waals surface area contributed by atoms with Crippen LogP contribution in [-0.4, -0.2) is 178 Å². The van der Waals surface area contributed by atoms with E-state index in [-0.39, 0.29) is 75.1 Å². The van der Waals surface area contributed by atoms with E-state index in [1.807, 2.05) is 4.90 Å². The molecule has 10 atom stereocenters. The van der Waals surface area contributed by atoms with Crippen LogP contribution in [0, 0.1) is 22.7 Å². The number of alkyl halides is 6. The van der Waals surface area contributed by atoms with Crippen molar-refractivity contribution in [2.24, 2.45) is 22.7 Å². The molecule has 27 nitrogen and oxygen atoms in total. The lowest BCUT2D eigenvalue weighted by molar-refractivity contribution is -0.142. The molecule has 0 aromatic heterocycles. The van der Waals surface area contributed by atoms with Crippen molar-refractivity contribution >= 4 is 79.8 Å². The van der Waals surface area contributed by atoms with Crippen molar-refractivity contribution in [3.05, 3.63) is 72.8 Å². The van der Waals surface area contributed by atoms with E-state index in [2.05, 4.69) is 44.6 Å². The standard InChI is InChI=1S/C35H49F3N5O9P.C26H44N3O8P.C12H15F3N2/c1-5-21-19-34(21,53(48,49)50)41-29(44)27-18-24(20-43(27)30(45)28(33(2,3)4)40-32(47)51-23-11-7-8-12-23)52-31(46)39-25-17-22(35(36,37)38)13-14-26(25)42-15-9-6-10-16-42;1-7-17-15-26(17,38(34,35-8-2)36-9-3)28-22(31)20-14-18(30)16-29(20)23(32)21(25(4,5)6)27-24(33)37-19-12-10-11-13-19;13-12(14,15)9-4-5-11(10(16)8-9)17-6-2-1-3-7-17/h5,13-14,17,21,23-24,27-28H,1,6-12,15-16,18-20H2,2-4H3,(H,39,46)(H,40,47)(H,41,44)(H2,48,49,50);7,17-21,30H,1,8-16H2,2-6H3,(H,27,33)(H,28,31);4-5,8H,1-3,6-7,16H2/t21?,24-,27+,28-,34?;17?,18-,20+,21-,26?;/m11./s1. The Hall–Kier alpha value is -7.15. The van der Waals surface area contributed by atoms with E-state index in [0.717, 1.165) is 119 Å². The van der Waals surface area contributed by atoms with Crippen LogP contribution >= 0.6 is 15.2 Å². The van der Waals surface area contributed by atoms with Gasteiger partial charge in [-0.25, -0.2) is 14.4 Å². The highest BCUT2D eigenvalue weighted by Gasteiger charge is 2.69. The molecule has 4 heterocycles. The molecule has 35 heteroatoms. The number of alkyl carbamates (subject to hydrolysis) is 2. The number of nitrogens with zero attached hydrogens (tertiary/aromatic N) is 4. The number of nitrogens with two attached hydrogens (primary N) is 1. The van der Waals surface area contributed by atoms with E-state index in [9.17, 15) is 83.9 Å². The van der Waals surface area contributed by atoms with Gasteiger partial charge in [-0.15, -0.1) is 13.2 Å². The number of nitrogen functional groups attached to an aromatic ring is 1. The fourth-order valence-corrected chi connectivity index (χ4v) is 18.6. The number of rotatable bonds is 22. The van der Waals surface area contributed by atoms with E-state index >= 15 is 0 Å². The van der Waals surface area contributed by atoms with Crippen LogP contribution < -0.4 is 42.1 Å². The fourth-order valence-electron chi connectivity index (χ4n) is 15.0. The molecule has 4 aliphatic carbocycles. The summed E-state index contributed by atoms with van der Waals surface area (Å²) in [6.07, 6.45) is 1.27. The van der Waals surface area contributed by atoms with Gasteiger partial charge in [-0.3, -0.25) is 33.6 Å². The average Bonchev–Trinajstić information content (AvgIpc) is 1.56. The SMILES string of the molecule is C=CC1CC1(NC(=O)[C@@H]1C[C@@H](O)CN1C(=O)[C@@H](NC(=O)OC1CCCC1)C(C)(C)C)P(=O)(OCC)OCC.C=CC1CC1(NC(=O)[C@@H]1C[C@@H](OC(=O)Nc2cc(C(F)(F)F)ccc2N2CCCCC2)CN1C(=O)[C@@H](NC(=O)OC1CCCC1)C(C)(C)C)P(=O)(O)O.Nc1cc(C(F)(F)F)ccc1N1CCCCC1. The van der Waals surface area contributed by atoms with Gasteiger partial charge in [0.25, 0.3) is 0 Å². The van der Waals surface area contributed by atoms with Crippen molar-refractivity contribution in [1.82, 2.24) is 31.1 Å². The zero-order valence-electron chi connectivity index (χ0n) is 62.8. The summed E-state index contributed by atoms with van der Waals surface area (Å²) in [5.41, 5.74) is 3.60. The first-order chi connectivity index (χ1) is 50.5. The molecule has 0 radical (unpaired) electrons. The van der Waals surface area contributed by atoms with Gasteiger partial charge in [0, 0.05) is 57.4 Å². The van der Waals surface area contributed by atoms with Gasteiger partial charge in [0.05, 0.1) is 59.7 Å². The van der Waals surface area contributed by atoms with Crippen molar-refractivity contribution in [3.63, 3.8) is 0 Å². The van der Waals surface area contributed by atoms with Gasteiger partial charge >= 0.3 is 45.8 Å². The molecule has 108 heavy (non-hydrogen) atoms. The third kappa shape index (κ3) is 21.3. The molecular formula is C73H108F6N10O17P2. The highest BCUT2D eigenvalue weighted by atomic mass is 31.2. The van der Waals surface area contributed by atoms with E-state index in [4.69, 9.17) is 29.0 Å². The molecule has 10 rings (SSSR count). The summed E-state index contributed by atoms with van der Waals surface area (Å²) in [6, 6.07) is 1.97. The topological polar surface area (TPSA) is 360 Å². The lowest BCUT2D eigenvalue weighted by atomic mass is 9.85. The largest absolute Gasteiger partial charge is 0.446 e. The number of nitrogens with one attached hydrogen (secondary N) is 5. The number of β-amino-alcohol motifs (C(OH)–C–C–N with tert-alkyl or cyclic N) is 1. The molecule has 8 aliphatic rings. The number of hydrogen-bond donors (Lipinski definition) is 9. The Morgan fingerprint density at radius 2 is 0.991 bits per heavy atom. The van der Waals surface area contributed by atoms with Gasteiger partial charge in [-0.2, -0.15) is 26.3 Å². The molecule has 4 saturated heterocycles. The molecule has 2 aromatic carbocycles. The number of aliphatic hydroxyl groups excluding tert-OH is 1. The number of benzene rings is 2. The van der Waals surface area contributed by atoms with Crippen molar-refractivity contribution in [3.8, 4) is 0 Å². The van der Waals surface area contributed by atoms with Crippen molar-refractivity contribution < 1.29 is 107 Å². The Morgan fingerprint density at radius 1 is 0.583 bits per heavy atom. The second-order valence-electron chi connectivity index (χ2n) is 31.2. The Kier molecular flexibility index (Phi) is 28.4. The minimum atomic E-state index is -4.92. The summed E-state index contributed by atoms with van der Waals surface area (Å²) in [6.45, 7) is 23.9. The second-order valence-corrected chi connectivity index (χ2v) is 35.4. The lowest BCUT2D eigenvalue weighted by Crippen LogP contribution is -2.58. The Bertz CT molecular complexity index is 3640. The Labute approximate surface area is 626 Å². The molecule has 604 valence electrons. The first kappa shape index (κ1) is 86.4. The number of halogens is 6. The summed E-state index contributed by atoms with van der Waals surface area (Å²) < 4.78 is 132. The fraction of sp³-hybridized carbons (Fsp3) is 0.685. The number of ether oxygens (including phenoxy) is 3. The van der Waals surface area contributed by atoms with Crippen LogP contribution in [0.2, 0.25) is 0 Å². The number of amides is 7. The van der Waals surface area contributed by atoms with E-state index in [1.54, 1.807) is 61.5 Å². The smallest absolute Gasteiger partial charge is 0.416 e. The van der Waals surface area contributed by atoms with Crippen LogP contribution in [0.4, 0.5) is 63.5 Å². The minimum Gasteiger partial charge on any atom is -0.446 e. The number of anilines is 4. The monoisotopic (exact) mass is 1570 g/mol. The molecule has 0 bridgehead atoms. The van der Waals surface area contributed by atoms with Crippen LogP contribution in [0.1, 0.15) is 182 Å². The van der Waals surface area contributed by atoms with E-state index < -0.39 is 144 Å². The Balaban J connectivity index is 0.000000231. The molecule has 2 aromatic rings. The van der Waals surface area contributed by atoms with E-state index in [0.29, 0.717) is 38.0 Å². The zero-order valence-corrected chi connectivity index (χ0v) is 64.6. The highest BCUT2D eigenvalue weighted by molar-refractivity contribution is 7.56. The molecule has 4 aliphatic heterocycles. The summed E-state index contributed by atoms with van der Waals surface area (Å²) in [5.74, 6) is -3.81. The molecule has 4 saturated carbocycles. The summed E-state index contributed by atoms with van der Waals surface area (Å²) in [4.78, 5) is 121.